The van der Waals surface area contributed by atoms with Crippen molar-refractivity contribution in [2.45, 2.75) is 24.7 Å². The average Bonchev–Trinajstić information content (AvgIpc) is 2.94. The molecule has 4 nitrogen and oxygen atoms in total. The summed E-state index contributed by atoms with van der Waals surface area (Å²) < 4.78 is 0. The summed E-state index contributed by atoms with van der Waals surface area (Å²) in [4.78, 5) is 13.3. The third-order valence-electron chi connectivity index (χ3n) is 7.02. The Morgan fingerprint density at radius 1 is 0.919 bits per heavy atom. The van der Waals surface area contributed by atoms with Crippen molar-refractivity contribution in [3.05, 3.63) is 107 Å². The molecule has 2 aliphatic heterocycles. The van der Waals surface area contributed by atoms with E-state index in [1.165, 1.54) is 44.4 Å². The molecule has 0 saturated carbocycles. The highest BCUT2D eigenvalue weighted by molar-refractivity contribution is 8.14. The van der Waals surface area contributed by atoms with Gasteiger partial charge in [-0.15, -0.1) is 0 Å². The fourth-order valence-electron chi connectivity index (χ4n) is 4.88. The molecule has 0 atom stereocenters. The third-order valence-corrected chi connectivity index (χ3v) is 8.14. The van der Waals surface area contributed by atoms with Crippen molar-refractivity contribution >= 4 is 33.8 Å². The number of anilines is 2. The van der Waals surface area contributed by atoms with Gasteiger partial charge in [-0.05, 0) is 87.0 Å². The highest BCUT2D eigenvalue weighted by atomic mass is 32.2. The molecular weight excluding hydrogens is 472 g/mol. The molecule has 0 unspecified atom stereocenters. The van der Waals surface area contributed by atoms with Crippen LogP contribution in [-0.2, 0) is 6.42 Å². The first kappa shape index (κ1) is 25.4. The number of hydrogen-bond acceptors (Lipinski definition) is 5. The average molecular weight is 509 g/mol. The summed E-state index contributed by atoms with van der Waals surface area (Å²) in [5, 5.41) is 1.08. The van der Waals surface area contributed by atoms with E-state index in [0.717, 1.165) is 37.5 Å². The Balaban J connectivity index is 1.61. The topological polar surface area (TPSA) is 22.1 Å². The van der Waals surface area contributed by atoms with E-state index in [9.17, 15) is 0 Å². The van der Waals surface area contributed by atoms with E-state index >= 15 is 0 Å². The Morgan fingerprint density at radius 2 is 1.70 bits per heavy atom. The van der Waals surface area contributed by atoms with E-state index in [2.05, 4.69) is 128 Å². The minimum atomic E-state index is 0.848. The minimum absolute atomic E-state index is 0.848. The first-order valence-electron chi connectivity index (χ1n) is 13.1. The summed E-state index contributed by atoms with van der Waals surface area (Å²) in [5.41, 5.74) is 7.62. The van der Waals surface area contributed by atoms with Gasteiger partial charge in [0.05, 0.1) is 10.7 Å². The number of allylic oxidation sites excluding steroid dienone is 2. The molecule has 0 aromatic heterocycles. The highest BCUT2D eigenvalue weighted by Crippen LogP contribution is 2.42. The van der Waals surface area contributed by atoms with Gasteiger partial charge in [0, 0.05) is 42.8 Å². The van der Waals surface area contributed by atoms with Gasteiger partial charge in [-0.2, -0.15) is 0 Å². The Labute approximate surface area is 226 Å². The van der Waals surface area contributed by atoms with Gasteiger partial charge in [0.2, 0.25) is 0 Å². The zero-order valence-corrected chi connectivity index (χ0v) is 23.1. The first-order valence-corrected chi connectivity index (χ1v) is 13.9. The van der Waals surface area contributed by atoms with Crippen LogP contribution in [0.25, 0.3) is 5.57 Å². The smallest absolute Gasteiger partial charge is 0.113 e. The predicted molar refractivity (Wildman–Crippen MR) is 160 cm³/mol. The van der Waals surface area contributed by atoms with Crippen molar-refractivity contribution in [1.29, 1.82) is 0 Å². The standard InChI is InChI=1S/C32H36N4S/c1-24-25-12-10-18-30(24)37-31(33-19-11-13-25)22-26-23-32(35(4)21-20-34(2)3)36(27-14-6-5-7-15-27)29-17-9-8-16-28(26)29/h5-10,12,14-18,22-23H,11,13,19-21H2,1-4H3/b26-22+,33-31+. The van der Waals surface area contributed by atoms with E-state index in [1.54, 1.807) is 11.8 Å². The maximum absolute atomic E-state index is 5.06. The van der Waals surface area contributed by atoms with Gasteiger partial charge in [0.25, 0.3) is 0 Å². The lowest BCUT2D eigenvalue weighted by molar-refractivity contribution is 0.323. The molecule has 0 fully saturated rings. The highest BCUT2D eigenvalue weighted by Gasteiger charge is 2.26. The summed E-state index contributed by atoms with van der Waals surface area (Å²) in [6, 6.07) is 26.1. The summed E-state index contributed by atoms with van der Waals surface area (Å²) >= 11 is 1.79. The molecular formula is C32H36N4S. The molecule has 2 bridgehead atoms. The molecule has 3 aromatic rings. The normalized spacial score (nSPS) is 17.9. The van der Waals surface area contributed by atoms with Gasteiger partial charge < -0.3 is 9.80 Å². The van der Waals surface area contributed by atoms with Crippen LogP contribution in [0.1, 0.15) is 23.1 Å². The van der Waals surface area contributed by atoms with Crippen molar-refractivity contribution in [2.75, 3.05) is 45.7 Å². The lowest BCUT2D eigenvalue weighted by Crippen LogP contribution is -2.36. The van der Waals surface area contributed by atoms with Crippen molar-refractivity contribution < 1.29 is 0 Å². The van der Waals surface area contributed by atoms with Crippen molar-refractivity contribution in [1.82, 2.24) is 9.80 Å². The monoisotopic (exact) mass is 508 g/mol. The number of para-hydroxylation sites is 2. The van der Waals surface area contributed by atoms with Crippen molar-refractivity contribution in [2.24, 2.45) is 4.99 Å². The quantitative estimate of drug-likeness (QED) is 0.357. The largest absolute Gasteiger partial charge is 0.359 e. The summed E-state index contributed by atoms with van der Waals surface area (Å²) in [6.45, 7) is 5.01. The minimum Gasteiger partial charge on any atom is -0.359 e. The fourth-order valence-corrected chi connectivity index (χ4v) is 5.88. The molecule has 37 heavy (non-hydrogen) atoms. The Hall–Kier alpha value is -3.28. The van der Waals surface area contributed by atoms with Crippen LogP contribution in [0.5, 0.6) is 0 Å². The molecule has 0 amide bonds. The summed E-state index contributed by atoms with van der Waals surface area (Å²) in [5.74, 6) is 1.17. The number of likely N-dealkylation sites (N-methyl/N-ethyl adjacent to an activating group) is 2. The molecule has 5 rings (SSSR count). The van der Waals surface area contributed by atoms with Crippen LogP contribution in [0, 0.1) is 6.92 Å². The number of nitrogens with zero attached hydrogens (tertiary/aromatic N) is 4. The van der Waals surface area contributed by atoms with Crippen LogP contribution in [0.15, 0.2) is 101 Å². The van der Waals surface area contributed by atoms with Crippen LogP contribution in [0.4, 0.5) is 11.4 Å². The van der Waals surface area contributed by atoms with Crippen molar-refractivity contribution in [3.63, 3.8) is 0 Å². The third kappa shape index (κ3) is 5.68. The van der Waals surface area contributed by atoms with Crippen LogP contribution >= 0.6 is 11.8 Å². The number of benzene rings is 3. The predicted octanol–water partition coefficient (Wildman–Crippen LogP) is 7.00. The van der Waals surface area contributed by atoms with Gasteiger partial charge in [-0.1, -0.05) is 60.3 Å². The van der Waals surface area contributed by atoms with E-state index in [0.29, 0.717) is 0 Å². The number of fused-ring (bicyclic) bond motifs is 3. The maximum Gasteiger partial charge on any atom is 0.113 e. The number of aliphatic imine (C=N–C) groups is 1. The Bertz CT molecular complexity index is 1340. The number of hydrogen-bond donors (Lipinski definition) is 0. The first-order chi connectivity index (χ1) is 18.0. The number of rotatable bonds is 6. The molecule has 0 radical (unpaired) electrons. The molecule has 2 heterocycles. The zero-order chi connectivity index (χ0) is 25.8. The molecule has 2 aliphatic rings. The van der Waals surface area contributed by atoms with Gasteiger partial charge >= 0.3 is 0 Å². The summed E-state index contributed by atoms with van der Waals surface area (Å²) in [6.07, 6.45) is 6.79. The van der Waals surface area contributed by atoms with Crippen LogP contribution in [0.2, 0.25) is 0 Å². The lowest BCUT2D eigenvalue weighted by atomic mass is 9.97. The Kier molecular flexibility index (Phi) is 7.82. The number of aryl methyl sites for hydroxylation is 1. The fraction of sp³-hybridized carbons (Fsp3) is 0.281. The van der Waals surface area contributed by atoms with Crippen LogP contribution in [-0.4, -0.2) is 55.6 Å². The van der Waals surface area contributed by atoms with Crippen molar-refractivity contribution in [3.8, 4) is 0 Å². The van der Waals surface area contributed by atoms with Gasteiger partial charge in [0.15, 0.2) is 0 Å². The lowest BCUT2D eigenvalue weighted by Gasteiger charge is -2.38. The van der Waals surface area contributed by atoms with E-state index in [1.807, 2.05) is 0 Å². The SMILES string of the molecule is Cc1c2cccc1SC(/C=C1\C=C(N(C)CCN(C)C)N(c3ccccc3)c3ccccc31)=N/CCC2. The maximum atomic E-state index is 5.06. The molecule has 0 aliphatic carbocycles. The number of thioether (sulfide) groups is 1. The second-order valence-electron chi connectivity index (χ2n) is 9.98. The van der Waals surface area contributed by atoms with E-state index < -0.39 is 0 Å². The second kappa shape index (κ2) is 11.4. The molecule has 0 spiro atoms. The summed E-state index contributed by atoms with van der Waals surface area (Å²) in [7, 11) is 6.45. The molecule has 190 valence electrons. The van der Waals surface area contributed by atoms with Gasteiger partial charge in [-0.3, -0.25) is 9.89 Å². The zero-order valence-electron chi connectivity index (χ0n) is 22.3. The van der Waals surface area contributed by atoms with Gasteiger partial charge in [0.1, 0.15) is 5.82 Å². The van der Waals surface area contributed by atoms with Crippen LogP contribution in [0.3, 0.4) is 0 Å². The molecule has 5 heteroatoms. The van der Waals surface area contributed by atoms with E-state index in [4.69, 9.17) is 4.99 Å². The molecule has 0 saturated heterocycles. The second-order valence-corrected chi connectivity index (χ2v) is 11.0. The molecule has 3 aromatic carbocycles. The van der Waals surface area contributed by atoms with E-state index in [-0.39, 0.29) is 0 Å². The van der Waals surface area contributed by atoms with Gasteiger partial charge in [-0.25, -0.2) is 0 Å². The molecule has 0 N–H and O–H groups in total. The Morgan fingerprint density at radius 3 is 2.51 bits per heavy atom. The van der Waals surface area contributed by atoms with Crippen LogP contribution < -0.4 is 4.90 Å².